The largest absolute Gasteiger partial charge is 0.386 e. The minimum absolute atomic E-state index is 0.167. The first-order valence-corrected chi connectivity index (χ1v) is 6.21. The lowest BCUT2D eigenvalue weighted by molar-refractivity contribution is 0.479. The highest BCUT2D eigenvalue weighted by molar-refractivity contribution is 6.42. The summed E-state index contributed by atoms with van der Waals surface area (Å²) in [6.45, 7) is 3.91. The normalized spacial score (nSPS) is 22.3. The van der Waals surface area contributed by atoms with Gasteiger partial charge in [0.25, 0.3) is 0 Å². The molecule has 0 fully saturated rings. The van der Waals surface area contributed by atoms with Gasteiger partial charge < -0.3 is 11.5 Å². The predicted octanol–water partition coefficient (Wildman–Crippen LogP) is 2.54. The lowest BCUT2D eigenvalue weighted by Gasteiger charge is -2.33. The molecule has 0 spiro atoms. The van der Waals surface area contributed by atoms with E-state index in [-0.39, 0.29) is 11.9 Å². The van der Waals surface area contributed by atoms with Gasteiger partial charge in [-0.15, -0.1) is 0 Å². The van der Waals surface area contributed by atoms with Gasteiger partial charge in [0.05, 0.1) is 21.5 Å². The van der Waals surface area contributed by atoms with Gasteiger partial charge in [-0.3, -0.25) is 0 Å². The summed E-state index contributed by atoms with van der Waals surface area (Å²) in [4.78, 5) is 8.36. The number of benzene rings is 1. The minimum atomic E-state index is -0.465. The molecule has 1 unspecified atom stereocenters. The van der Waals surface area contributed by atoms with Gasteiger partial charge in [-0.1, -0.05) is 29.3 Å². The standard InChI is InChI=1S/C12H14Cl2N4/c1-12(2)9(10(15)17-11(16)18-12)6-3-4-7(13)8(14)5-6/h3-5,9H,1-2H3,(H4,15,16,17,18). The zero-order valence-corrected chi connectivity index (χ0v) is 11.6. The molecule has 1 aliphatic rings. The van der Waals surface area contributed by atoms with Crippen molar-refractivity contribution in [3.05, 3.63) is 33.8 Å². The molecule has 0 saturated carbocycles. The number of halogens is 2. The van der Waals surface area contributed by atoms with E-state index in [1.165, 1.54) is 0 Å². The topological polar surface area (TPSA) is 76.8 Å². The van der Waals surface area contributed by atoms with Crippen LogP contribution in [-0.4, -0.2) is 17.3 Å². The van der Waals surface area contributed by atoms with Crippen LogP contribution >= 0.6 is 23.2 Å². The predicted molar refractivity (Wildman–Crippen MR) is 76.5 cm³/mol. The highest BCUT2D eigenvalue weighted by Crippen LogP contribution is 2.36. The van der Waals surface area contributed by atoms with Gasteiger partial charge in [0.2, 0.25) is 5.96 Å². The van der Waals surface area contributed by atoms with E-state index in [0.29, 0.717) is 15.9 Å². The summed E-state index contributed by atoms with van der Waals surface area (Å²) in [6, 6.07) is 5.40. The van der Waals surface area contributed by atoms with E-state index in [4.69, 9.17) is 34.7 Å². The summed E-state index contributed by atoms with van der Waals surface area (Å²) in [6.07, 6.45) is 0. The Kier molecular flexibility index (Phi) is 3.25. The molecule has 1 heterocycles. The number of aliphatic imine (C=N–C) groups is 2. The number of rotatable bonds is 1. The van der Waals surface area contributed by atoms with E-state index in [1.54, 1.807) is 12.1 Å². The average Bonchev–Trinajstić information content (AvgIpc) is 2.20. The summed E-state index contributed by atoms with van der Waals surface area (Å²) in [5.74, 6) is 0.472. The van der Waals surface area contributed by atoms with Crippen molar-refractivity contribution in [1.82, 2.24) is 0 Å². The first-order valence-electron chi connectivity index (χ1n) is 5.45. The molecule has 0 aliphatic carbocycles. The van der Waals surface area contributed by atoms with E-state index in [1.807, 2.05) is 19.9 Å². The number of nitrogens with zero attached hydrogens (tertiary/aromatic N) is 2. The monoisotopic (exact) mass is 284 g/mol. The second kappa shape index (κ2) is 4.44. The molecule has 18 heavy (non-hydrogen) atoms. The van der Waals surface area contributed by atoms with Gasteiger partial charge in [-0.05, 0) is 31.5 Å². The number of hydrogen-bond donors (Lipinski definition) is 2. The van der Waals surface area contributed by atoms with E-state index >= 15 is 0 Å². The summed E-state index contributed by atoms with van der Waals surface area (Å²) >= 11 is 11.9. The highest BCUT2D eigenvalue weighted by Gasteiger charge is 2.36. The molecule has 0 aromatic heterocycles. The maximum Gasteiger partial charge on any atom is 0.217 e. The molecular formula is C12H14Cl2N4. The summed E-state index contributed by atoms with van der Waals surface area (Å²) in [7, 11) is 0. The highest BCUT2D eigenvalue weighted by atomic mass is 35.5. The molecule has 0 radical (unpaired) electrons. The Morgan fingerprint density at radius 2 is 1.83 bits per heavy atom. The second-order valence-corrected chi connectivity index (χ2v) is 5.58. The van der Waals surface area contributed by atoms with Gasteiger partial charge >= 0.3 is 0 Å². The molecule has 0 bridgehead atoms. The van der Waals surface area contributed by atoms with Crippen LogP contribution in [0, 0.1) is 0 Å². The van der Waals surface area contributed by atoms with Crippen molar-refractivity contribution >= 4 is 35.0 Å². The third-order valence-corrected chi connectivity index (χ3v) is 3.66. The fourth-order valence-electron chi connectivity index (χ4n) is 2.21. The van der Waals surface area contributed by atoms with Crippen LogP contribution in [0.2, 0.25) is 10.0 Å². The second-order valence-electron chi connectivity index (χ2n) is 4.77. The molecule has 1 aromatic carbocycles. The summed E-state index contributed by atoms with van der Waals surface area (Å²) in [5.41, 5.74) is 12.1. The maximum absolute atomic E-state index is 6.03. The van der Waals surface area contributed by atoms with Crippen molar-refractivity contribution in [3.8, 4) is 0 Å². The molecule has 0 saturated heterocycles. The summed E-state index contributed by atoms with van der Waals surface area (Å²) in [5, 5.41) is 0.993. The zero-order chi connectivity index (χ0) is 13.5. The lowest BCUT2D eigenvalue weighted by Crippen LogP contribution is -2.43. The van der Waals surface area contributed by atoms with Crippen molar-refractivity contribution < 1.29 is 0 Å². The van der Waals surface area contributed by atoms with E-state index in [2.05, 4.69) is 9.98 Å². The smallest absolute Gasteiger partial charge is 0.217 e. The maximum atomic E-state index is 6.03. The quantitative estimate of drug-likeness (QED) is 0.831. The number of hydrogen-bond acceptors (Lipinski definition) is 4. The molecule has 4 N–H and O–H groups in total. The number of nitrogens with two attached hydrogens (primary N) is 2. The molecule has 2 rings (SSSR count). The molecule has 4 nitrogen and oxygen atoms in total. The molecule has 1 aliphatic heterocycles. The van der Waals surface area contributed by atoms with Gasteiger partial charge in [-0.25, -0.2) is 9.98 Å². The Hall–Kier alpha value is -1.26. The van der Waals surface area contributed by atoms with E-state index in [9.17, 15) is 0 Å². The van der Waals surface area contributed by atoms with Gasteiger partial charge in [0.15, 0.2) is 0 Å². The Morgan fingerprint density at radius 1 is 1.17 bits per heavy atom. The van der Waals surface area contributed by atoms with Gasteiger partial charge in [0.1, 0.15) is 5.84 Å². The molecule has 6 heteroatoms. The van der Waals surface area contributed by atoms with Crippen LogP contribution in [0.3, 0.4) is 0 Å². The first kappa shape index (κ1) is 13.2. The fraction of sp³-hybridized carbons (Fsp3) is 0.333. The van der Waals surface area contributed by atoms with Crippen LogP contribution in [0.5, 0.6) is 0 Å². The minimum Gasteiger partial charge on any atom is -0.386 e. The molecule has 96 valence electrons. The summed E-state index contributed by atoms with van der Waals surface area (Å²) < 4.78 is 0. The van der Waals surface area contributed by atoms with Crippen LogP contribution in [-0.2, 0) is 0 Å². The molecular weight excluding hydrogens is 271 g/mol. The van der Waals surface area contributed by atoms with E-state index in [0.717, 1.165) is 5.56 Å². The van der Waals surface area contributed by atoms with Crippen LogP contribution in [0.1, 0.15) is 25.3 Å². The van der Waals surface area contributed by atoms with Crippen molar-refractivity contribution in [2.45, 2.75) is 25.3 Å². The lowest BCUT2D eigenvalue weighted by atomic mass is 9.81. The van der Waals surface area contributed by atoms with E-state index < -0.39 is 5.54 Å². The molecule has 1 atom stereocenters. The first-order chi connectivity index (χ1) is 8.31. The third kappa shape index (κ3) is 2.31. The Balaban J connectivity index is 2.50. The number of guanidine groups is 1. The third-order valence-electron chi connectivity index (χ3n) is 2.93. The van der Waals surface area contributed by atoms with Crippen LogP contribution in [0.15, 0.2) is 28.2 Å². The Bertz CT molecular complexity index is 549. The van der Waals surface area contributed by atoms with Crippen molar-refractivity contribution in [3.63, 3.8) is 0 Å². The fourth-order valence-corrected chi connectivity index (χ4v) is 2.52. The van der Waals surface area contributed by atoms with Gasteiger partial charge in [0, 0.05) is 0 Å². The average molecular weight is 285 g/mol. The SMILES string of the molecule is CC1(C)N=C(N)N=C(N)C1c1ccc(Cl)c(Cl)c1. The van der Waals surface area contributed by atoms with Crippen molar-refractivity contribution in [2.75, 3.05) is 0 Å². The van der Waals surface area contributed by atoms with Crippen molar-refractivity contribution in [2.24, 2.45) is 21.5 Å². The van der Waals surface area contributed by atoms with Crippen molar-refractivity contribution in [1.29, 1.82) is 0 Å². The Morgan fingerprint density at radius 3 is 2.39 bits per heavy atom. The van der Waals surface area contributed by atoms with Gasteiger partial charge in [-0.2, -0.15) is 0 Å². The van der Waals surface area contributed by atoms with Crippen LogP contribution in [0.4, 0.5) is 0 Å². The van der Waals surface area contributed by atoms with Crippen LogP contribution < -0.4 is 11.5 Å². The zero-order valence-electron chi connectivity index (χ0n) is 10.1. The van der Waals surface area contributed by atoms with Crippen LogP contribution in [0.25, 0.3) is 0 Å². The molecule has 0 amide bonds. The number of amidine groups is 1. The Labute approximate surface area is 116 Å². The molecule has 1 aromatic rings.